The molecule has 2 saturated heterocycles. The van der Waals surface area contributed by atoms with Crippen LogP contribution >= 0.6 is 0 Å². The van der Waals surface area contributed by atoms with E-state index >= 15 is 0 Å². The maximum absolute atomic E-state index is 13.1. The lowest BCUT2D eigenvalue weighted by atomic mass is 9.96. The fraction of sp³-hybridized carbons (Fsp3) is 0.348. The lowest BCUT2D eigenvalue weighted by molar-refractivity contribution is -0.165. The minimum absolute atomic E-state index is 0.0581. The van der Waals surface area contributed by atoms with Crippen LogP contribution in [0.5, 0.6) is 5.75 Å². The minimum Gasteiger partial charge on any atom is -0.484 e. The van der Waals surface area contributed by atoms with Crippen LogP contribution in [-0.2, 0) is 36.5 Å². The molecule has 0 aromatic heterocycles. The van der Waals surface area contributed by atoms with E-state index in [0.717, 1.165) is 5.56 Å². The van der Waals surface area contributed by atoms with Gasteiger partial charge in [-0.1, -0.05) is 48.5 Å². The van der Waals surface area contributed by atoms with E-state index in [9.17, 15) is 18.6 Å². The summed E-state index contributed by atoms with van der Waals surface area (Å²) >= 11 is 0. The van der Waals surface area contributed by atoms with E-state index in [-0.39, 0.29) is 13.2 Å². The van der Waals surface area contributed by atoms with Crippen LogP contribution in [0.1, 0.15) is 19.4 Å². The Morgan fingerprint density at radius 1 is 1.06 bits per heavy atom. The molecule has 2 aliphatic rings. The van der Waals surface area contributed by atoms with Crippen molar-refractivity contribution in [3.05, 3.63) is 66.2 Å². The molecule has 0 aliphatic carbocycles. The molecule has 4 rings (SSSR count). The molecule has 0 radical (unpaired) electrons. The molecule has 2 aliphatic heterocycles. The molecule has 32 heavy (non-hydrogen) atoms. The number of hydrogen-bond acceptors (Lipinski definition) is 6. The first-order valence-electron chi connectivity index (χ1n) is 10.2. The van der Waals surface area contributed by atoms with E-state index < -0.39 is 50.8 Å². The molecule has 2 fully saturated rings. The molecular weight excluding hydrogens is 432 g/mol. The van der Waals surface area contributed by atoms with Crippen molar-refractivity contribution in [3.8, 4) is 5.75 Å². The fourth-order valence-corrected chi connectivity index (χ4v) is 5.88. The van der Waals surface area contributed by atoms with Gasteiger partial charge in [0.15, 0.2) is 6.61 Å². The first kappa shape index (κ1) is 22.0. The second-order valence-electron chi connectivity index (χ2n) is 8.18. The predicted octanol–water partition coefficient (Wildman–Crippen LogP) is 1.37. The topological polar surface area (TPSA) is 102 Å². The molecule has 9 heteroatoms. The third kappa shape index (κ3) is 4.00. The Morgan fingerprint density at radius 2 is 1.69 bits per heavy atom. The van der Waals surface area contributed by atoms with Gasteiger partial charge in [-0.15, -0.1) is 0 Å². The zero-order valence-corrected chi connectivity index (χ0v) is 18.5. The average molecular weight is 457 g/mol. The van der Waals surface area contributed by atoms with Crippen LogP contribution in [0.2, 0.25) is 0 Å². The summed E-state index contributed by atoms with van der Waals surface area (Å²) in [6.07, 6.45) is 0. The number of amides is 2. The summed E-state index contributed by atoms with van der Waals surface area (Å²) in [5, 5.41) is 1.81. The first-order valence-corrected chi connectivity index (χ1v) is 11.4. The van der Waals surface area contributed by atoms with Gasteiger partial charge < -0.3 is 19.7 Å². The van der Waals surface area contributed by atoms with E-state index in [0.29, 0.717) is 5.75 Å². The van der Waals surface area contributed by atoms with Gasteiger partial charge in [-0.3, -0.25) is 13.8 Å². The molecule has 4 atom stereocenters. The molecular formula is C23H24N2O6S. The standard InChI is InChI=1S/C23H24N2O6S/c1-23(2)19(22(28)31-13-15-9-5-3-6-10-15)25-20(27)18(21(25)32(23)29)24-17(26)14-30-16-11-7-4-8-12-16/h3-12,18-19,21H,13-14H2,1-2H3,(H,24,26)/t18-,19-,21+,32+/m0/s1. The van der Waals surface area contributed by atoms with Crippen LogP contribution in [-0.4, -0.2) is 55.7 Å². The summed E-state index contributed by atoms with van der Waals surface area (Å²) in [7, 11) is -1.58. The Hall–Kier alpha value is -3.20. The number of carbonyl (C=O) groups excluding carboxylic acids is 3. The molecule has 0 spiro atoms. The fourth-order valence-electron chi connectivity index (χ4n) is 3.96. The van der Waals surface area contributed by atoms with Crippen LogP contribution in [0.3, 0.4) is 0 Å². The zero-order chi connectivity index (χ0) is 22.9. The van der Waals surface area contributed by atoms with Crippen molar-refractivity contribution in [1.29, 1.82) is 0 Å². The molecule has 1 N–H and O–H groups in total. The number of rotatable bonds is 7. The number of ether oxygens (including phenoxy) is 2. The number of esters is 1. The third-order valence-electron chi connectivity index (χ3n) is 5.63. The highest BCUT2D eigenvalue weighted by molar-refractivity contribution is 7.87. The van der Waals surface area contributed by atoms with Gasteiger partial charge in [0, 0.05) is 0 Å². The monoisotopic (exact) mass is 456 g/mol. The normalized spacial score (nSPS) is 25.4. The smallest absolute Gasteiger partial charge is 0.330 e. The Morgan fingerprint density at radius 3 is 2.34 bits per heavy atom. The third-order valence-corrected chi connectivity index (χ3v) is 7.83. The van der Waals surface area contributed by atoms with E-state index in [2.05, 4.69) is 5.32 Å². The number of carbonyl (C=O) groups is 3. The Kier molecular flexibility index (Phi) is 6.01. The van der Waals surface area contributed by atoms with Crippen LogP contribution < -0.4 is 10.1 Å². The lowest BCUT2D eigenvalue weighted by Gasteiger charge is -2.43. The summed E-state index contributed by atoms with van der Waals surface area (Å²) in [6.45, 7) is 3.11. The van der Waals surface area contributed by atoms with Gasteiger partial charge in [-0.25, -0.2) is 4.79 Å². The van der Waals surface area contributed by atoms with Gasteiger partial charge in [0.1, 0.15) is 29.8 Å². The van der Waals surface area contributed by atoms with Gasteiger partial charge in [-0.2, -0.15) is 0 Å². The van der Waals surface area contributed by atoms with Crippen LogP contribution in [0, 0.1) is 0 Å². The van der Waals surface area contributed by atoms with Gasteiger partial charge >= 0.3 is 5.97 Å². The van der Waals surface area contributed by atoms with Crippen LogP contribution in [0.25, 0.3) is 0 Å². The largest absolute Gasteiger partial charge is 0.484 e. The molecule has 2 heterocycles. The Balaban J connectivity index is 1.39. The second-order valence-corrected chi connectivity index (χ2v) is 10.3. The molecule has 0 bridgehead atoms. The molecule has 2 amide bonds. The first-order chi connectivity index (χ1) is 15.3. The number of nitrogens with one attached hydrogen (secondary N) is 1. The quantitative estimate of drug-likeness (QED) is 0.499. The van der Waals surface area contributed by atoms with Crippen molar-refractivity contribution in [2.45, 2.75) is 42.7 Å². The summed E-state index contributed by atoms with van der Waals surface area (Å²) in [6, 6.07) is 16.0. The molecule has 0 saturated carbocycles. The number of para-hydroxylation sites is 1. The van der Waals surface area contributed by atoms with Crippen molar-refractivity contribution >= 4 is 28.6 Å². The summed E-state index contributed by atoms with van der Waals surface area (Å²) in [5.41, 5.74) is 0.813. The zero-order valence-electron chi connectivity index (χ0n) is 17.7. The molecule has 2 aromatic rings. The SMILES string of the molecule is CC1(C)[C@H](C(=O)OCc2ccccc2)N2C(=O)[C@H](NC(=O)COc3ccccc3)[C@H]2[S@]1=O. The predicted molar refractivity (Wildman–Crippen MR) is 117 cm³/mol. The lowest BCUT2D eigenvalue weighted by Crippen LogP contribution is -2.71. The summed E-state index contributed by atoms with van der Waals surface area (Å²) in [4.78, 5) is 39.2. The van der Waals surface area contributed by atoms with Crippen LogP contribution in [0.4, 0.5) is 0 Å². The highest BCUT2D eigenvalue weighted by Crippen LogP contribution is 2.43. The van der Waals surface area contributed by atoms with Crippen molar-refractivity contribution in [3.63, 3.8) is 0 Å². The minimum atomic E-state index is -1.58. The highest BCUT2D eigenvalue weighted by atomic mass is 32.2. The Bertz CT molecular complexity index is 1040. The van der Waals surface area contributed by atoms with E-state index in [1.807, 2.05) is 36.4 Å². The van der Waals surface area contributed by atoms with E-state index in [4.69, 9.17) is 9.47 Å². The molecule has 0 unspecified atom stereocenters. The van der Waals surface area contributed by atoms with Crippen LogP contribution in [0.15, 0.2) is 60.7 Å². The van der Waals surface area contributed by atoms with Gasteiger partial charge in [0.25, 0.3) is 5.91 Å². The van der Waals surface area contributed by atoms with E-state index in [1.54, 1.807) is 38.1 Å². The van der Waals surface area contributed by atoms with E-state index in [1.165, 1.54) is 4.90 Å². The number of β-lactam (4-membered cyclic amide) rings is 1. The number of hydrogen-bond donors (Lipinski definition) is 1. The summed E-state index contributed by atoms with van der Waals surface area (Å²) in [5.74, 6) is -1.04. The van der Waals surface area contributed by atoms with Gasteiger partial charge in [-0.05, 0) is 31.5 Å². The number of nitrogens with zero attached hydrogens (tertiary/aromatic N) is 1. The maximum Gasteiger partial charge on any atom is 0.330 e. The molecule has 2 aromatic carbocycles. The van der Waals surface area contributed by atoms with Crippen molar-refractivity contribution in [1.82, 2.24) is 10.2 Å². The van der Waals surface area contributed by atoms with Crippen molar-refractivity contribution in [2.75, 3.05) is 6.61 Å². The number of fused-ring (bicyclic) bond motifs is 1. The van der Waals surface area contributed by atoms with Crippen molar-refractivity contribution < 1.29 is 28.1 Å². The average Bonchev–Trinajstić information content (AvgIpc) is 2.99. The van der Waals surface area contributed by atoms with Gasteiger partial charge in [0.2, 0.25) is 5.91 Å². The van der Waals surface area contributed by atoms with Crippen molar-refractivity contribution in [2.24, 2.45) is 0 Å². The highest BCUT2D eigenvalue weighted by Gasteiger charge is 2.68. The summed E-state index contributed by atoms with van der Waals surface area (Å²) < 4.78 is 22.9. The maximum atomic E-state index is 13.1. The number of benzene rings is 2. The van der Waals surface area contributed by atoms with Gasteiger partial charge in [0.05, 0.1) is 15.5 Å². The second kappa shape index (κ2) is 8.74. The molecule has 8 nitrogen and oxygen atoms in total. The molecule has 168 valence electrons. The Labute approximate surface area is 188 Å².